The van der Waals surface area contributed by atoms with E-state index >= 15 is 0 Å². The Morgan fingerprint density at radius 3 is 2.64 bits per heavy atom. The minimum Gasteiger partial charge on any atom is -0.493 e. The highest BCUT2D eigenvalue weighted by Gasteiger charge is 2.13. The Hall–Kier alpha value is -2.40. The smallest absolute Gasteiger partial charge is 0.261 e. The normalized spacial score (nSPS) is 10.5. The van der Waals surface area contributed by atoms with Crippen LogP contribution in [0, 0.1) is 0 Å². The third-order valence-electron chi connectivity index (χ3n) is 3.31. The van der Waals surface area contributed by atoms with Crippen LogP contribution in [0.3, 0.4) is 0 Å². The van der Waals surface area contributed by atoms with Gasteiger partial charge in [-0.15, -0.1) is 0 Å². The standard InChI is InChI=1S/C17H19NO4/c1-3-22-16-7-5-4-6-14(16)15-9-8-13(12-19)17(20)18(15)10-11-21-2/h4-9,12H,3,10-11H2,1-2H3. The highest BCUT2D eigenvalue weighted by molar-refractivity contribution is 5.76. The number of carbonyl (C=O) groups is 1. The summed E-state index contributed by atoms with van der Waals surface area (Å²) in [5, 5.41) is 0. The predicted molar refractivity (Wildman–Crippen MR) is 84.6 cm³/mol. The van der Waals surface area contributed by atoms with Crippen LogP contribution < -0.4 is 10.3 Å². The van der Waals surface area contributed by atoms with Crippen LogP contribution in [0.1, 0.15) is 17.3 Å². The molecular weight excluding hydrogens is 282 g/mol. The molecule has 22 heavy (non-hydrogen) atoms. The zero-order valence-corrected chi connectivity index (χ0v) is 12.7. The molecule has 0 N–H and O–H groups in total. The van der Waals surface area contributed by atoms with Gasteiger partial charge in [-0.1, -0.05) is 12.1 Å². The molecule has 1 heterocycles. The van der Waals surface area contributed by atoms with Crippen LogP contribution in [0.4, 0.5) is 0 Å². The van der Waals surface area contributed by atoms with Gasteiger partial charge in [-0.05, 0) is 31.2 Å². The highest BCUT2D eigenvalue weighted by Crippen LogP contribution is 2.29. The van der Waals surface area contributed by atoms with Gasteiger partial charge in [0.05, 0.1) is 24.5 Å². The molecule has 116 valence electrons. The lowest BCUT2D eigenvalue weighted by molar-refractivity contribution is 0.112. The summed E-state index contributed by atoms with van der Waals surface area (Å²) in [5.74, 6) is 0.703. The molecule has 0 radical (unpaired) electrons. The predicted octanol–water partition coefficient (Wildman–Crippen LogP) is 2.37. The van der Waals surface area contributed by atoms with Crippen molar-refractivity contribution in [3.63, 3.8) is 0 Å². The van der Waals surface area contributed by atoms with Gasteiger partial charge >= 0.3 is 0 Å². The number of aromatic nitrogens is 1. The lowest BCUT2D eigenvalue weighted by Crippen LogP contribution is -2.26. The third kappa shape index (κ3) is 3.26. The average molecular weight is 301 g/mol. The zero-order chi connectivity index (χ0) is 15.9. The number of hydrogen-bond donors (Lipinski definition) is 0. The third-order valence-corrected chi connectivity index (χ3v) is 3.31. The van der Waals surface area contributed by atoms with Gasteiger partial charge in [0.2, 0.25) is 0 Å². The fourth-order valence-electron chi connectivity index (χ4n) is 2.28. The largest absolute Gasteiger partial charge is 0.493 e. The number of aldehydes is 1. The summed E-state index contributed by atoms with van der Waals surface area (Å²) in [7, 11) is 1.57. The topological polar surface area (TPSA) is 57.5 Å². The van der Waals surface area contributed by atoms with Gasteiger partial charge in [-0.3, -0.25) is 9.59 Å². The first-order chi connectivity index (χ1) is 10.7. The van der Waals surface area contributed by atoms with Crippen molar-refractivity contribution in [3.05, 3.63) is 52.3 Å². The van der Waals surface area contributed by atoms with Crippen LogP contribution in [0.2, 0.25) is 0 Å². The van der Waals surface area contributed by atoms with Gasteiger partial charge in [-0.25, -0.2) is 0 Å². The van der Waals surface area contributed by atoms with Crippen molar-refractivity contribution in [1.82, 2.24) is 4.57 Å². The Morgan fingerprint density at radius 1 is 1.18 bits per heavy atom. The fourth-order valence-corrected chi connectivity index (χ4v) is 2.28. The van der Waals surface area contributed by atoms with E-state index in [-0.39, 0.29) is 11.1 Å². The minimum absolute atomic E-state index is 0.133. The van der Waals surface area contributed by atoms with E-state index in [0.29, 0.717) is 37.5 Å². The molecule has 2 rings (SSSR count). The van der Waals surface area contributed by atoms with Crippen molar-refractivity contribution < 1.29 is 14.3 Å². The van der Waals surface area contributed by atoms with Crippen LogP contribution in [-0.2, 0) is 11.3 Å². The first kappa shape index (κ1) is 16.0. The summed E-state index contributed by atoms with van der Waals surface area (Å²) in [5.41, 5.74) is 1.33. The number of methoxy groups -OCH3 is 1. The van der Waals surface area contributed by atoms with E-state index in [1.807, 2.05) is 31.2 Å². The van der Waals surface area contributed by atoms with Gasteiger partial charge in [0.15, 0.2) is 6.29 Å². The van der Waals surface area contributed by atoms with E-state index in [9.17, 15) is 9.59 Å². The van der Waals surface area contributed by atoms with Crippen molar-refractivity contribution in [2.45, 2.75) is 13.5 Å². The molecule has 0 aliphatic rings. The highest BCUT2D eigenvalue weighted by atomic mass is 16.5. The molecule has 0 fully saturated rings. The number of carbonyl (C=O) groups excluding carboxylic acids is 1. The SMILES string of the molecule is CCOc1ccccc1-c1ccc(C=O)c(=O)n1CCOC. The van der Waals surface area contributed by atoms with Gasteiger partial charge < -0.3 is 14.0 Å². The molecule has 0 unspecified atom stereocenters. The molecule has 2 aromatic rings. The van der Waals surface area contributed by atoms with Gasteiger partial charge in [0, 0.05) is 19.2 Å². The van der Waals surface area contributed by atoms with Crippen LogP contribution in [0.5, 0.6) is 5.75 Å². The Morgan fingerprint density at radius 2 is 1.95 bits per heavy atom. The van der Waals surface area contributed by atoms with Crippen molar-refractivity contribution in [3.8, 4) is 17.0 Å². The van der Waals surface area contributed by atoms with Gasteiger partial charge in [0.25, 0.3) is 5.56 Å². The second kappa shape index (κ2) is 7.56. The number of nitrogens with zero attached hydrogens (tertiary/aromatic N) is 1. The summed E-state index contributed by atoms with van der Waals surface area (Å²) >= 11 is 0. The molecule has 0 saturated heterocycles. The number of ether oxygens (including phenoxy) is 2. The van der Waals surface area contributed by atoms with E-state index in [0.717, 1.165) is 5.56 Å². The molecule has 0 atom stereocenters. The second-order valence-corrected chi connectivity index (χ2v) is 4.67. The van der Waals surface area contributed by atoms with E-state index in [1.54, 1.807) is 17.7 Å². The van der Waals surface area contributed by atoms with Crippen molar-refractivity contribution in [2.75, 3.05) is 20.3 Å². The maximum Gasteiger partial charge on any atom is 0.261 e. The Labute approximate surface area is 129 Å². The summed E-state index contributed by atoms with van der Waals surface area (Å²) in [6.07, 6.45) is 0.573. The lowest BCUT2D eigenvalue weighted by Gasteiger charge is -2.16. The molecule has 0 aliphatic heterocycles. The average Bonchev–Trinajstić information content (AvgIpc) is 2.54. The quantitative estimate of drug-likeness (QED) is 0.737. The second-order valence-electron chi connectivity index (χ2n) is 4.67. The lowest BCUT2D eigenvalue weighted by atomic mass is 10.1. The van der Waals surface area contributed by atoms with Gasteiger partial charge in [0.1, 0.15) is 5.75 Å². The molecule has 0 spiro atoms. The first-order valence-corrected chi connectivity index (χ1v) is 7.13. The maximum absolute atomic E-state index is 12.4. The summed E-state index contributed by atoms with van der Waals surface area (Å²) in [6.45, 7) is 3.19. The monoisotopic (exact) mass is 301 g/mol. The number of pyridine rings is 1. The van der Waals surface area contributed by atoms with Crippen molar-refractivity contribution in [1.29, 1.82) is 0 Å². The number of rotatable bonds is 7. The molecular formula is C17H19NO4. The fraction of sp³-hybridized carbons (Fsp3) is 0.294. The molecule has 5 nitrogen and oxygen atoms in total. The molecule has 0 bridgehead atoms. The van der Waals surface area contributed by atoms with E-state index in [2.05, 4.69) is 0 Å². The number of para-hydroxylation sites is 1. The van der Waals surface area contributed by atoms with Crippen LogP contribution in [0.25, 0.3) is 11.3 Å². The zero-order valence-electron chi connectivity index (χ0n) is 12.7. The van der Waals surface area contributed by atoms with Crippen molar-refractivity contribution in [2.24, 2.45) is 0 Å². The van der Waals surface area contributed by atoms with Crippen LogP contribution >= 0.6 is 0 Å². The van der Waals surface area contributed by atoms with Crippen LogP contribution in [-0.4, -0.2) is 31.2 Å². The number of hydrogen-bond acceptors (Lipinski definition) is 4. The Bertz CT molecular complexity index is 706. The first-order valence-electron chi connectivity index (χ1n) is 7.13. The van der Waals surface area contributed by atoms with E-state index < -0.39 is 0 Å². The molecule has 1 aromatic carbocycles. The van der Waals surface area contributed by atoms with Crippen molar-refractivity contribution >= 4 is 6.29 Å². The molecule has 5 heteroatoms. The van der Waals surface area contributed by atoms with E-state index in [4.69, 9.17) is 9.47 Å². The minimum atomic E-state index is -0.323. The maximum atomic E-state index is 12.4. The molecule has 1 aromatic heterocycles. The molecule has 0 amide bonds. The summed E-state index contributed by atoms with van der Waals surface area (Å²) in [6, 6.07) is 10.8. The van der Waals surface area contributed by atoms with E-state index in [1.165, 1.54) is 6.07 Å². The molecule has 0 saturated carbocycles. The van der Waals surface area contributed by atoms with Gasteiger partial charge in [-0.2, -0.15) is 0 Å². The Kier molecular flexibility index (Phi) is 5.49. The van der Waals surface area contributed by atoms with Crippen LogP contribution in [0.15, 0.2) is 41.2 Å². The number of benzene rings is 1. The Balaban J connectivity index is 2.62. The molecule has 0 aliphatic carbocycles. The summed E-state index contributed by atoms with van der Waals surface area (Å²) < 4.78 is 12.2. The summed E-state index contributed by atoms with van der Waals surface area (Å²) in [4.78, 5) is 23.4.